The second kappa shape index (κ2) is 5.40. The fraction of sp³-hybridized carbons (Fsp3) is 0.231. The van der Waals surface area contributed by atoms with Crippen molar-refractivity contribution in [2.24, 2.45) is 0 Å². The Bertz CT molecular complexity index is 612. The first kappa shape index (κ1) is 13.5. The van der Waals surface area contributed by atoms with Crippen LogP contribution >= 0.6 is 11.6 Å². The van der Waals surface area contributed by atoms with Crippen molar-refractivity contribution in [2.75, 3.05) is 0 Å². The Morgan fingerprint density at radius 1 is 1.53 bits per heavy atom. The third kappa shape index (κ3) is 3.12. The Morgan fingerprint density at radius 3 is 2.89 bits per heavy atom. The number of amides is 1. The van der Waals surface area contributed by atoms with Gasteiger partial charge in [-0.25, -0.2) is 9.37 Å². The molecular formula is C13H12ClFN2O2. The largest absolute Gasteiger partial charge is 0.464 e. The van der Waals surface area contributed by atoms with Gasteiger partial charge in [-0.1, -0.05) is 11.6 Å². The third-order valence-corrected chi connectivity index (χ3v) is 2.89. The molecule has 0 fully saturated rings. The average molecular weight is 283 g/mol. The molecule has 2 heterocycles. The van der Waals surface area contributed by atoms with Gasteiger partial charge >= 0.3 is 0 Å². The summed E-state index contributed by atoms with van der Waals surface area (Å²) in [4.78, 5) is 15.6. The number of furan rings is 1. The molecule has 0 aliphatic heterocycles. The molecule has 0 spiro atoms. The van der Waals surface area contributed by atoms with E-state index in [1.54, 1.807) is 19.1 Å². The van der Waals surface area contributed by atoms with Crippen LogP contribution in [0, 0.1) is 12.7 Å². The molecule has 0 aromatic carbocycles. The summed E-state index contributed by atoms with van der Waals surface area (Å²) in [5, 5.41) is 2.63. The van der Waals surface area contributed by atoms with Crippen LogP contribution in [0.5, 0.6) is 0 Å². The molecule has 0 bridgehead atoms. The number of hydrogen-bond acceptors (Lipinski definition) is 3. The van der Waals surface area contributed by atoms with E-state index in [0.717, 1.165) is 18.0 Å². The Kier molecular flexibility index (Phi) is 3.85. The molecule has 100 valence electrons. The number of aromatic nitrogens is 1. The summed E-state index contributed by atoms with van der Waals surface area (Å²) in [5.74, 6) is 0.252. The van der Waals surface area contributed by atoms with Gasteiger partial charge < -0.3 is 9.73 Å². The van der Waals surface area contributed by atoms with Crippen LogP contribution < -0.4 is 5.32 Å². The van der Waals surface area contributed by atoms with Crippen molar-refractivity contribution in [2.45, 2.75) is 19.9 Å². The normalized spacial score (nSPS) is 12.2. The zero-order chi connectivity index (χ0) is 14.0. The monoisotopic (exact) mass is 282 g/mol. The summed E-state index contributed by atoms with van der Waals surface area (Å²) in [7, 11) is 0. The molecule has 2 rings (SSSR count). The highest BCUT2D eigenvalue weighted by atomic mass is 35.5. The maximum absolute atomic E-state index is 13.1. The summed E-state index contributed by atoms with van der Waals surface area (Å²) >= 11 is 5.76. The number of carbonyl (C=O) groups is 1. The van der Waals surface area contributed by atoms with Crippen LogP contribution in [0.1, 0.15) is 34.8 Å². The van der Waals surface area contributed by atoms with Gasteiger partial charge in [-0.15, -0.1) is 0 Å². The minimum absolute atomic E-state index is 0.00297. The molecule has 4 nitrogen and oxygen atoms in total. The van der Waals surface area contributed by atoms with Crippen LogP contribution in [0.2, 0.25) is 5.15 Å². The first-order valence-corrected chi connectivity index (χ1v) is 6.03. The third-order valence-electron chi connectivity index (χ3n) is 2.59. The van der Waals surface area contributed by atoms with Gasteiger partial charge in [-0.05, 0) is 32.0 Å². The number of halogens is 2. The number of nitrogens with one attached hydrogen (secondary N) is 1. The van der Waals surface area contributed by atoms with E-state index in [9.17, 15) is 9.18 Å². The first-order valence-electron chi connectivity index (χ1n) is 5.65. The molecule has 0 saturated heterocycles. The van der Waals surface area contributed by atoms with Gasteiger partial charge in [0.2, 0.25) is 0 Å². The van der Waals surface area contributed by atoms with Gasteiger partial charge in [-0.2, -0.15) is 0 Å². The van der Waals surface area contributed by atoms with E-state index in [1.165, 1.54) is 0 Å². The number of hydrogen-bond donors (Lipinski definition) is 1. The Hall–Kier alpha value is -1.88. The lowest BCUT2D eigenvalue weighted by molar-refractivity contribution is 0.0934. The van der Waals surface area contributed by atoms with E-state index in [1.807, 2.05) is 6.92 Å². The first-order chi connectivity index (χ1) is 8.97. The van der Waals surface area contributed by atoms with Crippen LogP contribution in [0.25, 0.3) is 0 Å². The van der Waals surface area contributed by atoms with Crippen molar-refractivity contribution in [3.63, 3.8) is 0 Å². The second-order valence-corrected chi connectivity index (χ2v) is 4.49. The quantitative estimate of drug-likeness (QED) is 0.879. The number of pyridine rings is 1. The second-order valence-electron chi connectivity index (χ2n) is 4.14. The molecule has 6 heteroatoms. The highest BCUT2D eigenvalue weighted by Gasteiger charge is 2.17. The summed E-state index contributed by atoms with van der Waals surface area (Å²) < 4.78 is 18.5. The molecule has 1 amide bonds. The molecule has 2 aromatic heterocycles. The summed E-state index contributed by atoms with van der Waals surface area (Å²) in [6, 6.07) is 4.27. The van der Waals surface area contributed by atoms with Crippen molar-refractivity contribution in [3.05, 3.63) is 52.5 Å². The van der Waals surface area contributed by atoms with E-state index in [-0.39, 0.29) is 16.8 Å². The molecular weight excluding hydrogens is 271 g/mol. The zero-order valence-corrected chi connectivity index (χ0v) is 11.2. The predicted molar refractivity (Wildman–Crippen MR) is 68.5 cm³/mol. The molecule has 1 atom stereocenters. The van der Waals surface area contributed by atoms with Crippen LogP contribution in [0.15, 0.2) is 28.8 Å². The molecule has 19 heavy (non-hydrogen) atoms. The van der Waals surface area contributed by atoms with Crippen LogP contribution in [0.3, 0.4) is 0 Å². The Morgan fingerprint density at radius 2 is 2.26 bits per heavy atom. The lowest BCUT2D eigenvalue weighted by Gasteiger charge is -2.12. The Labute approximate surface area is 114 Å². The van der Waals surface area contributed by atoms with Crippen LogP contribution in [-0.4, -0.2) is 10.9 Å². The summed E-state index contributed by atoms with van der Waals surface area (Å²) in [5.41, 5.74) is -0.00297. The molecule has 2 aromatic rings. The Balaban J connectivity index is 2.15. The SMILES string of the molecule is Cc1ccc(C(C)NC(=O)c2cc(F)cnc2Cl)o1. The summed E-state index contributed by atoms with van der Waals surface area (Å²) in [6.45, 7) is 3.57. The van der Waals surface area contributed by atoms with Crippen molar-refractivity contribution < 1.29 is 13.6 Å². The maximum atomic E-state index is 13.1. The maximum Gasteiger partial charge on any atom is 0.255 e. The van der Waals surface area contributed by atoms with E-state index in [4.69, 9.17) is 16.0 Å². The number of aryl methyl sites for hydroxylation is 1. The smallest absolute Gasteiger partial charge is 0.255 e. The van der Waals surface area contributed by atoms with E-state index in [0.29, 0.717) is 5.76 Å². The van der Waals surface area contributed by atoms with Gasteiger partial charge in [0, 0.05) is 0 Å². The van der Waals surface area contributed by atoms with E-state index >= 15 is 0 Å². The minimum atomic E-state index is -0.615. The van der Waals surface area contributed by atoms with Crippen molar-refractivity contribution in [1.29, 1.82) is 0 Å². The zero-order valence-electron chi connectivity index (χ0n) is 10.4. The van der Waals surface area contributed by atoms with Gasteiger partial charge in [0.25, 0.3) is 5.91 Å². The van der Waals surface area contributed by atoms with Crippen molar-refractivity contribution >= 4 is 17.5 Å². The highest BCUT2D eigenvalue weighted by molar-refractivity contribution is 6.32. The fourth-order valence-electron chi connectivity index (χ4n) is 1.61. The molecule has 0 aliphatic carbocycles. The average Bonchev–Trinajstić information content (AvgIpc) is 2.79. The fourth-order valence-corrected chi connectivity index (χ4v) is 1.80. The predicted octanol–water partition coefficient (Wildman–Crippen LogP) is 3.27. The lowest BCUT2D eigenvalue weighted by Crippen LogP contribution is -2.27. The topological polar surface area (TPSA) is 55.1 Å². The lowest BCUT2D eigenvalue weighted by atomic mass is 10.2. The van der Waals surface area contributed by atoms with Gasteiger partial charge in [0.15, 0.2) is 0 Å². The van der Waals surface area contributed by atoms with Crippen LogP contribution in [-0.2, 0) is 0 Å². The van der Waals surface area contributed by atoms with E-state index in [2.05, 4.69) is 10.3 Å². The molecule has 0 radical (unpaired) electrons. The van der Waals surface area contributed by atoms with Crippen molar-refractivity contribution in [1.82, 2.24) is 10.3 Å². The molecule has 0 saturated carbocycles. The van der Waals surface area contributed by atoms with Gasteiger partial charge in [0.1, 0.15) is 22.5 Å². The number of carbonyl (C=O) groups excluding carboxylic acids is 1. The van der Waals surface area contributed by atoms with Gasteiger partial charge in [0.05, 0.1) is 17.8 Å². The standard InChI is InChI=1S/C13H12ClFN2O2/c1-7-3-4-11(19-7)8(2)17-13(18)10-5-9(15)6-16-12(10)14/h3-6,8H,1-2H3,(H,17,18). The number of rotatable bonds is 3. The molecule has 1 unspecified atom stereocenters. The van der Waals surface area contributed by atoms with Crippen molar-refractivity contribution in [3.8, 4) is 0 Å². The minimum Gasteiger partial charge on any atom is -0.464 e. The molecule has 1 N–H and O–H groups in total. The van der Waals surface area contributed by atoms with Gasteiger partial charge in [-0.3, -0.25) is 4.79 Å². The van der Waals surface area contributed by atoms with E-state index < -0.39 is 11.7 Å². The molecule has 0 aliphatic rings. The summed E-state index contributed by atoms with van der Waals surface area (Å²) in [6.07, 6.45) is 0.957. The highest BCUT2D eigenvalue weighted by Crippen LogP contribution is 2.18. The number of nitrogens with zero attached hydrogens (tertiary/aromatic N) is 1. The van der Waals surface area contributed by atoms with Crippen LogP contribution in [0.4, 0.5) is 4.39 Å².